The molecule has 0 aromatic rings. The molecule has 1 amide bonds. The van der Waals surface area contributed by atoms with Crippen LogP contribution in [0.2, 0.25) is 0 Å². The number of amides is 1. The molecule has 0 spiro atoms. The van der Waals surface area contributed by atoms with Crippen molar-refractivity contribution in [1.82, 2.24) is 5.32 Å². The van der Waals surface area contributed by atoms with Gasteiger partial charge in [-0.25, -0.2) is 0 Å². The molecule has 1 N–H and O–H groups in total. The third-order valence-corrected chi connectivity index (χ3v) is 0.891. The summed E-state index contributed by atoms with van der Waals surface area (Å²) >= 11 is 0. The van der Waals surface area contributed by atoms with E-state index in [1.54, 1.807) is 6.08 Å². The predicted molar refractivity (Wildman–Crippen MR) is 42.4 cm³/mol. The van der Waals surface area contributed by atoms with E-state index in [-0.39, 0.29) is 5.91 Å². The number of nitrogens with one attached hydrogen (secondary N) is 1. The monoisotopic (exact) mass is 139 g/mol. The molecule has 0 rings (SSSR count). The maximum absolute atomic E-state index is 10.4. The first kappa shape index (κ1) is 8.95. The molecule has 0 saturated carbocycles. The lowest BCUT2D eigenvalue weighted by Crippen LogP contribution is -2.16. The minimum atomic E-state index is -0.0780. The minimum absolute atomic E-state index is 0.0780. The smallest absolute Gasteiger partial charge is 0.221 e. The van der Waals surface area contributed by atoms with Gasteiger partial charge in [0.2, 0.25) is 5.91 Å². The Hall–Kier alpha value is -1.05. The molecule has 0 bridgehead atoms. The van der Waals surface area contributed by atoms with E-state index in [1.165, 1.54) is 6.92 Å². The van der Waals surface area contributed by atoms with Crippen molar-refractivity contribution in [3.05, 3.63) is 24.4 Å². The van der Waals surface area contributed by atoms with E-state index in [0.717, 1.165) is 6.42 Å². The highest BCUT2D eigenvalue weighted by Gasteiger charge is 1.88. The molecule has 0 aliphatic rings. The Labute approximate surface area is 61.6 Å². The van der Waals surface area contributed by atoms with Gasteiger partial charge in [-0.05, 0) is 12.5 Å². The largest absolute Gasteiger partial charge is 0.327 e. The van der Waals surface area contributed by atoms with E-state index in [9.17, 15) is 4.79 Å². The topological polar surface area (TPSA) is 29.1 Å². The number of carbonyl (C=O) groups excluding carboxylic acids is 1. The molecule has 0 unspecified atom stereocenters. The average molecular weight is 139 g/mol. The van der Waals surface area contributed by atoms with Gasteiger partial charge in [-0.15, -0.1) is 0 Å². The number of rotatable bonds is 3. The maximum atomic E-state index is 10.4. The second-order valence-electron chi connectivity index (χ2n) is 2.02. The van der Waals surface area contributed by atoms with Crippen molar-refractivity contribution in [2.24, 2.45) is 0 Å². The maximum Gasteiger partial charge on any atom is 0.221 e. The summed E-state index contributed by atoms with van der Waals surface area (Å²) in [4.78, 5) is 10.4. The molecule has 0 radical (unpaired) electrons. The molecular formula is C8H13NO. The first-order valence-corrected chi connectivity index (χ1v) is 3.30. The number of hydrogen-bond acceptors (Lipinski definition) is 1. The summed E-state index contributed by atoms with van der Waals surface area (Å²) < 4.78 is 0. The van der Waals surface area contributed by atoms with Crippen LogP contribution in [0.3, 0.4) is 0 Å². The van der Waals surface area contributed by atoms with E-state index in [2.05, 4.69) is 11.9 Å². The predicted octanol–water partition coefficient (Wildman–Crippen LogP) is 1.60. The highest BCUT2D eigenvalue weighted by atomic mass is 16.1. The van der Waals surface area contributed by atoms with Gasteiger partial charge in [-0.1, -0.05) is 19.6 Å². The molecule has 0 atom stereocenters. The number of carbonyl (C=O) groups is 1. The van der Waals surface area contributed by atoms with E-state index in [4.69, 9.17) is 0 Å². The fraction of sp³-hybridized carbons (Fsp3) is 0.375. The van der Waals surface area contributed by atoms with Crippen LogP contribution in [-0.2, 0) is 4.79 Å². The van der Waals surface area contributed by atoms with Crippen LogP contribution in [0.5, 0.6) is 0 Å². The van der Waals surface area contributed by atoms with E-state index >= 15 is 0 Å². The van der Waals surface area contributed by atoms with Gasteiger partial charge in [0.1, 0.15) is 0 Å². The molecule has 0 aromatic heterocycles. The van der Waals surface area contributed by atoms with Gasteiger partial charge >= 0.3 is 0 Å². The van der Waals surface area contributed by atoms with Gasteiger partial charge in [0.25, 0.3) is 0 Å². The molecule has 0 aliphatic heterocycles. The molecule has 0 aromatic carbocycles. The van der Waals surface area contributed by atoms with Gasteiger partial charge in [0, 0.05) is 12.6 Å². The number of hydrogen-bond donors (Lipinski definition) is 1. The summed E-state index contributed by atoms with van der Waals surface area (Å²) in [6, 6.07) is 0. The SMILES string of the molecule is C=C(/C=C\CC)NC(C)=O. The standard InChI is InChI=1S/C8H13NO/c1-4-5-6-7(2)9-8(3)10/h5-6H,2,4H2,1,3H3,(H,9,10)/b6-5-. The van der Waals surface area contributed by atoms with Crippen molar-refractivity contribution in [1.29, 1.82) is 0 Å². The Balaban J connectivity index is 3.64. The lowest BCUT2D eigenvalue weighted by Gasteiger charge is -1.97. The minimum Gasteiger partial charge on any atom is -0.327 e. The zero-order chi connectivity index (χ0) is 7.98. The van der Waals surface area contributed by atoms with Gasteiger partial charge in [0.15, 0.2) is 0 Å². The zero-order valence-electron chi connectivity index (χ0n) is 6.48. The van der Waals surface area contributed by atoms with Crippen LogP contribution >= 0.6 is 0 Å². The molecular weight excluding hydrogens is 126 g/mol. The Bertz CT molecular complexity index is 159. The van der Waals surface area contributed by atoms with Crippen molar-refractivity contribution in [3.63, 3.8) is 0 Å². The Morgan fingerprint density at radius 1 is 1.70 bits per heavy atom. The fourth-order valence-electron chi connectivity index (χ4n) is 0.528. The molecule has 2 heteroatoms. The second-order valence-corrected chi connectivity index (χ2v) is 2.02. The summed E-state index contributed by atoms with van der Waals surface area (Å²) in [6.07, 6.45) is 4.69. The van der Waals surface area contributed by atoms with Crippen molar-refractivity contribution in [2.75, 3.05) is 0 Å². The van der Waals surface area contributed by atoms with E-state index in [0.29, 0.717) is 5.70 Å². The van der Waals surface area contributed by atoms with Crippen LogP contribution in [0.1, 0.15) is 20.3 Å². The normalized spacial score (nSPS) is 9.80. The van der Waals surface area contributed by atoms with Gasteiger partial charge in [-0.3, -0.25) is 4.79 Å². The van der Waals surface area contributed by atoms with Crippen LogP contribution < -0.4 is 5.32 Å². The van der Waals surface area contributed by atoms with Crippen molar-refractivity contribution < 1.29 is 4.79 Å². The summed E-state index contributed by atoms with van der Waals surface area (Å²) in [5.74, 6) is -0.0780. The first-order valence-electron chi connectivity index (χ1n) is 3.30. The zero-order valence-corrected chi connectivity index (χ0v) is 6.48. The lowest BCUT2D eigenvalue weighted by molar-refractivity contribution is -0.118. The Kier molecular flexibility index (Phi) is 4.29. The van der Waals surface area contributed by atoms with E-state index < -0.39 is 0 Å². The van der Waals surface area contributed by atoms with Gasteiger partial charge < -0.3 is 5.32 Å². The summed E-state index contributed by atoms with van der Waals surface area (Å²) in [5, 5.41) is 2.56. The summed E-state index contributed by atoms with van der Waals surface area (Å²) in [5.41, 5.74) is 0.648. The van der Waals surface area contributed by atoms with Gasteiger partial charge in [0.05, 0.1) is 0 Å². The summed E-state index contributed by atoms with van der Waals surface area (Å²) in [7, 11) is 0. The first-order chi connectivity index (χ1) is 4.66. The van der Waals surface area contributed by atoms with Gasteiger partial charge in [-0.2, -0.15) is 0 Å². The highest BCUT2D eigenvalue weighted by molar-refractivity contribution is 5.75. The van der Waals surface area contributed by atoms with Crippen molar-refractivity contribution in [2.45, 2.75) is 20.3 Å². The highest BCUT2D eigenvalue weighted by Crippen LogP contribution is 1.88. The van der Waals surface area contributed by atoms with Crippen molar-refractivity contribution >= 4 is 5.91 Å². The summed E-state index contributed by atoms with van der Waals surface area (Å²) in [6.45, 7) is 7.10. The van der Waals surface area contributed by atoms with Crippen LogP contribution in [0.4, 0.5) is 0 Å². The Morgan fingerprint density at radius 2 is 2.30 bits per heavy atom. The van der Waals surface area contributed by atoms with E-state index in [1.807, 2.05) is 13.0 Å². The third-order valence-electron chi connectivity index (χ3n) is 0.891. The van der Waals surface area contributed by atoms with Crippen LogP contribution in [-0.4, -0.2) is 5.91 Å². The molecule has 0 saturated heterocycles. The van der Waals surface area contributed by atoms with Crippen LogP contribution in [0, 0.1) is 0 Å². The third kappa shape index (κ3) is 5.09. The molecule has 0 fully saturated rings. The molecule has 56 valence electrons. The van der Waals surface area contributed by atoms with Crippen LogP contribution in [0.15, 0.2) is 24.4 Å². The molecule has 0 heterocycles. The van der Waals surface area contributed by atoms with Crippen LogP contribution in [0.25, 0.3) is 0 Å². The van der Waals surface area contributed by atoms with Crippen molar-refractivity contribution in [3.8, 4) is 0 Å². The molecule has 10 heavy (non-hydrogen) atoms. The lowest BCUT2D eigenvalue weighted by atomic mass is 10.3. The average Bonchev–Trinajstić information content (AvgIpc) is 1.82. The Morgan fingerprint density at radius 3 is 2.70 bits per heavy atom. The second kappa shape index (κ2) is 4.79. The molecule has 2 nitrogen and oxygen atoms in total. The molecule has 0 aliphatic carbocycles. The quantitative estimate of drug-likeness (QED) is 0.591. The fourth-order valence-corrected chi connectivity index (χ4v) is 0.528. The number of allylic oxidation sites excluding steroid dienone is 2.